The van der Waals surface area contributed by atoms with Crippen LogP contribution in [0.4, 0.5) is 0 Å². The highest BCUT2D eigenvalue weighted by molar-refractivity contribution is 9.10. The van der Waals surface area contributed by atoms with E-state index in [1.54, 1.807) is 0 Å². The fourth-order valence-electron chi connectivity index (χ4n) is 4.92. The van der Waals surface area contributed by atoms with Crippen LogP contribution in [0.2, 0.25) is 0 Å². The molecule has 9 nitrogen and oxygen atoms in total. The van der Waals surface area contributed by atoms with Gasteiger partial charge in [-0.2, -0.15) is 0 Å². The summed E-state index contributed by atoms with van der Waals surface area (Å²) >= 11 is 3.51. The monoisotopic (exact) mass is 647 g/mol. The van der Waals surface area contributed by atoms with Gasteiger partial charge in [0.2, 0.25) is 5.90 Å². The van der Waals surface area contributed by atoms with Crippen molar-refractivity contribution in [3.8, 4) is 5.75 Å². The number of halogens is 1. The molecule has 0 saturated carbocycles. The van der Waals surface area contributed by atoms with Gasteiger partial charge >= 0.3 is 0 Å². The first kappa shape index (κ1) is 32.1. The second kappa shape index (κ2) is 14.6. The lowest BCUT2D eigenvalue weighted by molar-refractivity contribution is -0.129. The minimum Gasteiger partial charge on any atom is -0.494 e. The molecule has 2 atom stereocenters. The Kier molecular flexibility index (Phi) is 10.9. The van der Waals surface area contributed by atoms with Crippen molar-refractivity contribution < 1.29 is 19.4 Å². The number of ether oxygens (including phenoxy) is 2. The number of aliphatic hydroxyl groups is 1. The summed E-state index contributed by atoms with van der Waals surface area (Å²) in [5, 5.41) is 16.0. The Morgan fingerprint density at radius 3 is 2.53 bits per heavy atom. The van der Waals surface area contributed by atoms with Gasteiger partial charge in [-0.25, -0.2) is 4.99 Å². The summed E-state index contributed by atoms with van der Waals surface area (Å²) in [4.78, 5) is 22.4. The summed E-state index contributed by atoms with van der Waals surface area (Å²) in [6.07, 6.45) is 0.831. The summed E-state index contributed by atoms with van der Waals surface area (Å²) in [7, 11) is 0. The van der Waals surface area contributed by atoms with Crippen LogP contribution in [0.3, 0.4) is 0 Å². The molecule has 3 aromatic carbocycles. The van der Waals surface area contributed by atoms with E-state index >= 15 is 0 Å². The fourth-order valence-corrected chi connectivity index (χ4v) is 5.18. The van der Waals surface area contributed by atoms with E-state index in [-0.39, 0.29) is 30.9 Å². The maximum Gasteiger partial charge on any atom is 0.252 e. The standard InChI is InChI=1S/C33H38BrN5O4/c1-32(2,3)17-18-36-31(41)33(21-23-9-13-26(34)14-10-23)29(28-8-5-4-7-25(28)22-37-39-35)43-30(38-33)24-11-15-27(16-12-24)42-20-6-19-40/h4-5,7-16,29,40H,6,17-22H2,1-3H3,(H,36,41)/t29-,33-/m1/s1. The van der Waals surface area contributed by atoms with Crippen LogP contribution in [-0.2, 0) is 22.5 Å². The van der Waals surface area contributed by atoms with Crippen LogP contribution < -0.4 is 10.1 Å². The Balaban J connectivity index is 1.81. The van der Waals surface area contributed by atoms with Crippen molar-refractivity contribution in [3.05, 3.63) is 110 Å². The molecule has 0 aliphatic carbocycles. The third-order valence-electron chi connectivity index (χ3n) is 7.22. The number of nitrogens with zero attached hydrogens (tertiary/aromatic N) is 4. The number of benzene rings is 3. The number of aliphatic hydroxyl groups excluding tert-OH is 1. The van der Waals surface area contributed by atoms with E-state index in [1.807, 2.05) is 72.8 Å². The number of hydrogen-bond donors (Lipinski definition) is 2. The minimum atomic E-state index is -1.34. The predicted octanol–water partition coefficient (Wildman–Crippen LogP) is 7.07. The lowest BCUT2D eigenvalue weighted by Crippen LogP contribution is -2.50. The van der Waals surface area contributed by atoms with Gasteiger partial charge in [-0.1, -0.05) is 78.2 Å². The molecular formula is C33H38BrN5O4. The third kappa shape index (κ3) is 8.38. The highest BCUT2D eigenvalue weighted by Crippen LogP contribution is 2.44. The Labute approximate surface area is 261 Å². The molecule has 10 heteroatoms. The normalized spacial score (nSPS) is 17.9. The number of rotatable bonds is 13. The van der Waals surface area contributed by atoms with Gasteiger partial charge < -0.3 is 19.9 Å². The number of azide groups is 1. The van der Waals surface area contributed by atoms with Crippen molar-refractivity contribution in [3.63, 3.8) is 0 Å². The molecule has 43 heavy (non-hydrogen) atoms. The summed E-state index contributed by atoms with van der Waals surface area (Å²) in [6.45, 7) is 7.48. The number of nitrogens with one attached hydrogen (secondary N) is 1. The second-order valence-electron chi connectivity index (χ2n) is 11.7. The van der Waals surface area contributed by atoms with E-state index in [9.17, 15) is 4.79 Å². The number of amides is 1. The first-order valence-electron chi connectivity index (χ1n) is 14.4. The van der Waals surface area contributed by atoms with Crippen molar-refractivity contribution in [1.82, 2.24) is 5.32 Å². The number of carbonyl (C=O) groups excluding carboxylic acids is 1. The summed E-state index contributed by atoms with van der Waals surface area (Å²) < 4.78 is 13.3. The summed E-state index contributed by atoms with van der Waals surface area (Å²) in [5.74, 6) is 0.767. The van der Waals surface area contributed by atoms with Crippen LogP contribution in [0.5, 0.6) is 5.75 Å². The van der Waals surface area contributed by atoms with Gasteiger partial charge in [-0.05, 0) is 70.5 Å². The van der Waals surface area contributed by atoms with E-state index in [4.69, 9.17) is 25.1 Å². The molecule has 0 spiro atoms. The maximum absolute atomic E-state index is 14.4. The van der Waals surface area contributed by atoms with Gasteiger partial charge in [0.05, 0.1) is 13.2 Å². The number of carbonyl (C=O) groups is 1. The number of hydrogen-bond acceptors (Lipinski definition) is 6. The van der Waals surface area contributed by atoms with Crippen molar-refractivity contribution in [2.75, 3.05) is 19.8 Å². The largest absolute Gasteiger partial charge is 0.494 e. The molecule has 0 radical (unpaired) electrons. The Morgan fingerprint density at radius 1 is 1.14 bits per heavy atom. The molecule has 4 rings (SSSR count). The van der Waals surface area contributed by atoms with Gasteiger partial charge in [0, 0.05) is 40.9 Å². The molecule has 0 fully saturated rings. The van der Waals surface area contributed by atoms with Gasteiger partial charge in [-0.15, -0.1) is 0 Å². The van der Waals surface area contributed by atoms with Gasteiger partial charge in [0.25, 0.3) is 5.91 Å². The lowest BCUT2D eigenvalue weighted by atomic mass is 9.80. The van der Waals surface area contributed by atoms with Crippen molar-refractivity contribution >= 4 is 27.7 Å². The van der Waals surface area contributed by atoms with Crippen LogP contribution in [0.1, 0.15) is 62.0 Å². The predicted molar refractivity (Wildman–Crippen MR) is 171 cm³/mol. The van der Waals surface area contributed by atoms with E-state index in [1.165, 1.54) is 0 Å². The summed E-state index contributed by atoms with van der Waals surface area (Å²) in [6, 6.07) is 22.7. The average Bonchev–Trinajstić information content (AvgIpc) is 3.37. The van der Waals surface area contributed by atoms with E-state index in [2.05, 4.69) is 52.0 Å². The van der Waals surface area contributed by atoms with Gasteiger partial charge in [0.15, 0.2) is 11.6 Å². The molecule has 1 heterocycles. The molecule has 0 saturated heterocycles. The molecule has 1 aliphatic heterocycles. The first-order chi connectivity index (χ1) is 20.6. The highest BCUT2D eigenvalue weighted by atomic mass is 79.9. The molecule has 1 aliphatic rings. The molecule has 0 bridgehead atoms. The van der Waals surface area contributed by atoms with Gasteiger partial charge in [-0.3, -0.25) is 4.79 Å². The Hall–Kier alpha value is -3.85. The first-order valence-corrected chi connectivity index (χ1v) is 15.2. The molecular weight excluding hydrogens is 610 g/mol. The molecule has 0 unspecified atom stereocenters. The lowest BCUT2D eigenvalue weighted by Gasteiger charge is -2.32. The van der Waals surface area contributed by atoms with E-state index < -0.39 is 11.6 Å². The fraction of sp³-hybridized carbons (Fsp3) is 0.394. The highest BCUT2D eigenvalue weighted by Gasteiger charge is 2.53. The van der Waals surface area contributed by atoms with Crippen molar-refractivity contribution in [1.29, 1.82) is 0 Å². The maximum atomic E-state index is 14.4. The van der Waals surface area contributed by atoms with Crippen LogP contribution >= 0.6 is 15.9 Å². The molecule has 226 valence electrons. The topological polar surface area (TPSA) is 129 Å². The van der Waals surface area contributed by atoms with E-state index in [0.717, 1.165) is 27.6 Å². The van der Waals surface area contributed by atoms with Crippen LogP contribution in [0, 0.1) is 5.41 Å². The molecule has 0 aromatic heterocycles. The Bertz CT molecular complexity index is 1460. The Morgan fingerprint density at radius 2 is 1.86 bits per heavy atom. The smallest absolute Gasteiger partial charge is 0.252 e. The zero-order valence-corrected chi connectivity index (χ0v) is 26.4. The van der Waals surface area contributed by atoms with Crippen LogP contribution in [-0.4, -0.2) is 42.2 Å². The van der Waals surface area contributed by atoms with E-state index in [0.29, 0.717) is 36.8 Å². The zero-order valence-electron chi connectivity index (χ0n) is 24.8. The molecule has 2 N–H and O–H groups in total. The van der Waals surface area contributed by atoms with Crippen LogP contribution in [0.15, 0.2) is 87.4 Å². The third-order valence-corrected chi connectivity index (χ3v) is 7.75. The zero-order chi connectivity index (χ0) is 30.9. The van der Waals surface area contributed by atoms with Crippen molar-refractivity contribution in [2.24, 2.45) is 15.5 Å². The molecule has 3 aromatic rings. The van der Waals surface area contributed by atoms with Gasteiger partial charge in [0.1, 0.15) is 5.75 Å². The van der Waals surface area contributed by atoms with Crippen molar-refractivity contribution in [2.45, 2.75) is 58.2 Å². The van der Waals surface area contributed by atoms with Crippen LogP contribution in [0.25, 0.3) is 10.4 Å². The average molecular weight is 649 g/mol. The SMILES string of the molecule is CC(C)(C)CCNC(=O)[C@]1(Cc2ccc(Br)cc2)N=C(c2ccc(OCCCO)cc2)O[C@@H]1c1ccccc1CN=[N+]=[N-]. The summed E-state index contributed by atoms with van der Waals surface area (Å²) in [5.41, 5.74) is 10.9. The molecule has 1 amide bonds. The minimum absolute atomic E-state index is 0.0368. The number of aliphatic imine (C=N–C) groups is 1. The second-order valence-corrected chi connectivity index (χ2v) is 12.7. The quantitative estimate of drug-likeness (QED) is 0.0889.